The van der Waals surface area contributed by atoms with Gasteiger partial charge < -0.3 is 14.4 Å². The van der Waals surface area contributed by atoms with E-state index < -0.39 is 5.60 Å². The van der Waals surface area contributed by atoms with Gasteiger partial charge in [0.05, 0.1) is 31.5 Å². The first-order chi connectivity index (χ1) is 13.6. The molecule has 0 saturated heterocycles. The fraction of sp³-hybridized carbons (Fsp3) is 0.304. The Bertz CT molecular complexity index is 934. The van der Waals surface area contributed by atoms with Gasteiger partial charge in [0.1, 0.15) is 0 Å². The summed E-state index contributed by atoms with van der Waals surface area (Å²) in [5.41, 5.74) is 2.25. The summed E-state index contributed by atoms with van der Waals surface area (Å²) in [7, 11) is 1.36. The number of anilines is 1. The molecule has 0 aliphatic carbocycles. The van der Waals surface area contributed by atoms with Gasteiger partial charge in [0.2, 0.25) is 0 Å². The van der Waals surface area contributed by atoms with E-state index in [0.29, 0.717) is 18.7 Å². The topological polar surface area (TPSA) is 55.8 Å². The van der Waals surface area contributed by atoms with Gasteiger partial charge >= 0.3 is 5.97 Å². The minimum absolute atomic E-state index is 0.0372. The van der Waals surface area contributed by atoms with Crippen LogP contribution in [0.15, 0.2) is 60.7 Å². The van der Waals surface area contributed by atoms with Gasteiger partial charge in [-0.1, -0.05) is 49.4 Å². The number of nitrogens with zero attached hydrogens (tertiary/aromatic N) is 1. The highest BCUT2D eigenvalue weighted by atomic mass is 16.5. The van der Waals surface area contributed by atoms with E-state index in [9.17, 15) is 9.59 Å². The molecule has 1 spiro atoms. The van der Waals surface area contributed by atoms with Gasteiger partial charge in [-0.25, -0.2) is 4.79 Å². The Morgan fingerprint density at radius 3 is 2.71 bits per heavy atom. The largest absolute Gasteiger partial charge is 0.465 e. The molecule has 2 heterocycles. The molecule has 0 N–H and O–H groups in total. The zero-order valence-electron chi connectivity index (χ0n) is 16.1. The molecule has 2 aromatic carbocycles. The van der Waals surface area contributed by atoms with E-state index in [-0.39, 0.29) is 17.8 Å². The third kappa shape index (κ3) is 2.83. The van der Waals surface area contributed by atoms with Gasteiger partial charge in [-0.05, 0) is 30.2 Å². The number of carbonyl (C=O) groups is 2. The fourth-order valence-corrected chi connectivity index (χ4v) is 4.09. The summed E-state index contributed by atoms with van der Waals surface area (Å²) >= 11 is 0. The molecule has 28 heavy (non-hydrogen) atoms. The first kappa shape index (κ1) is 18.4. The second kappa shape index (κ2) is 7.24. The molecule has 0 bridgehead atoms. The smallest absolute Gasteiger partial charge is 0.337 e. The van der Waals surface area contributed by atoms with Crippen molar-refractivity contribution in [1.29, 1.82) is 0 Å². The van der Waals surface area contributed by atoms with Gasteiger partial charge in [-0.15, -0.1) is 0 Å². The zero-order chi connectivity index (χ0) is 19.7. The van der Waals surface area contributed by atoms with E-state index >= 15 is 0 Å². The molecule has 2 aliphatic rings. The van der Waals surface area contributed by atoms with Gasteiger partial charge in [-0.2, -0.15) is 0 Å². The van der Waals surface area contributed by atoms with E-state index in [1.54, 1.807) is 17.0 Å². The summed E-state index contributed by atoms with van der Waals surface area (Å²) in [5, 5.41) is 0. The number of rotatable bonds is 3. The second-order valence-electron chi connectivity index (χ2n) is 7.19. The van der Waals surface area contributed by atoms with Crippen LogP contribution in [0.4, 0.5) is 5.69 Å². The van der Waals surface area contributed by atoms with Crippen LogP contribution in [-0.4, -0.2) is 25.6 Å². The van der Waals surface area contributed by atoms with Crippen LogP contribution in [0.1, 0.15) is 34.8 Å². The number of hydrogen-bond acceptors (Lipinski definition) is 4. The predicted molar refractivity (Wildman–Crippen MR) is 106 cm³/mol. The first-order valence-electron chi connectivity index (χ1n) is 9.47. The van der Waals surface area contributed by atoms with Gasteiger partial charge in [0.15, 0.2) is 5.60 Å². The van der Waals surface area contributed by atoms with Gasteiger partial charge in [0.25, 0.3) is 5.91 Å². The maximum Gasteiger partial charge on any atom is 0.337 e. The molecule has 5 heteroatoms. The summed E-state index contributed by atoms with van der Waals surface area (Å²) in [4.78, 5) is 27.1. The summed E-state index contributed by atoms with van der Waals surface area (Å²) in [6.45, 7) is 2.96. The average molecular weight is 377 g/mol. The number of methoxy groups -OCH3 is 1. The number of carbonyl (C=O) groups excluding carboxylic acids is 2. The summed E-state index contributed by atoms with van der Waals surface area (Å²) in [5.74, 6) is -0.472. The number of esters is 1. The predicted octanol–water partition coefficient (Wildman–Crippen LogP) is 3.83. The third-order valence-corrected chi connectivity index (χ3v) is 5.55. The minimum Gasteiger partial charge on any atom is -0.465 e. The number of ether oxygens (including phenoxy) is 2. The molecule has 0 aromatic heterocycles. The van der Waals surface area contributed by atoms with E-state index in [1.165, 1.54) is 7.11 Å². The van der Waals surface area contributed by atoms with E-state index in [0.717, 1.165) is 23.2 Å². The van der Waals surface area contributed by atoms with Crippen LogP contribution in [0.25, 0.3) is 0 Å². The van der Waals surface area contributed by atoms with Crippen molar-refractivity contribution in [2.45, 2.75) is 25.5 Å². The van der Waals surface area contributed by atoms with Gasteiger partial charge in [0, 0.05) is 11.5 Å². The molecule has 0 saturated carbocycles. The Balaban J connectivity index is 1.70. The summed E-state index contributed by atoms with van der Waals surface area (Å²) in [6.07, 6.45) is 4.97. The fourth-order valence-electron chi connectivity index (χ4n) is 4.09. The molecule has 5 nitrogen and oxygen atoms in total. The molecule has 0 radical (unpaired) electrons. The highest BCUT2D eigenvalue weighted by Gasteiger charge is 2.55. The lowest BCUT2D eigenvalue weighted by Crippen LogP contribution is -2.46. The zero-order valence-corrected chi connectivity index (χ0v) is 16.1. The Morgan fingerprint density at radius 2 is 1.96 bits per heavy atom. The molecule has 2 atom stereocenters. The minimum atomic E-state index is -0.977. The Labute approximate surface area is 164 Å². The highest BCUT2D eigenvalue weighted by molar-refractivity contribution is 6.07. The molecule has 0 unspecified atom stereocenters. The Hall–Kier alpha value is -2.92. The van der Waals surface area contributed by atoms with Crippen molar-refractivity contribution in [3.8, 4) is 0 Å². The number of amides is 1. The van der Waals surface area contributed by atoms with Crippen molar-refractivity contribution < 1.29 is 19.1 Å². The molecule has 0 fully saturated rings. The normalized spacial score (nSPS) is 23.6. The summed E-state index contributed by atoms with van der Waals surface area (Å²) < 4.78 is 11.0. The van der Waals surface area contributed by atoms with Crippen LogP contribution in [0.2, 0.25) is 0 Å². The lowest BCUT2D eigenvalue weighted by molar-refractivity contribution is -0.148. The van der Waals surface area contributed by atoms with Crippen LogP contribution >= 0.6 is 0 Å². The first-order valence-corrected chi connectivity index (χ1v) is 9.47. The van der Waals surface area contributed by atoms with E-state index in [4.69, 9.17) is 9.47 Å². The number of hydrogen-bond donors (Lipinski definition) is 0. The molecule has 4 rings (SSSR count). The lowest BCUT2D eigenvalue weighted by atomic mass is 9.83. The third-order valence-electron chi connectivity index (χ3n) is 5.55. The lowest BCUT2D eigenvalue weighted by Gasteiger charge is -2.32. The average Bonchev–Trinajstić information content (AvgIpc) is 2.84. The van der Waals surface area contributed by atoms with E-state index in [2.05, 4.69) is 12.2 Å². The second-order valence-corrected chi connectivity index (χ2v) is 7.19. The van der Waals surface area contributed by atoms with Crippen molar-refractivity contribution >= 4 is 17.6 Å². The van der Waals surface area contributed by atoms with Crippen LogP contribution in [0, 0.1) is 5.92 Å². The molecule has 1 amide bonds. The van der Waals surface area contributed by atoms with Gasteiger partial charge in [-0.3, -0.25) is 4.79 Å². The quantitative estimate of drug-likeness (QED) is 0.603. The standard InChI is InChI=1S/C23H23NO4/c1-16-7-5-6-14-28-23(16)19-8-3-4-9-20(19)24(22(23)26)15-17-10-12-18(13-11-17)21(25)27-2/h3-5,7-13,16H,6,14-15H2,1-2H3/t16-,23-/m1/s1. The van der Waals surface area contributed by atoms with Crippen molar-refractivity contribution in [2.24, 2.45) is 5.92 Å². The van der Waals surface area contributed by atoms with Crippen LogP contribution in [0.3, 0.4) is 0 Å². The van der Waals surface area contributed by atoms with Crippen LogP contribution in [0.5, 0.6) is 0 Å². The van der Waals surface area contributed by atoms with Crippen molar-refractivity contribution in [2.75, 3.05) is 18.6 Å². The van der Waals surface area contributed by atoms with Crippen molar-refractivity contribution in [1.82, 2.24) is 0 Å². The Kier molecular flexibility index (Phi) is 4.77. The van der Waals surface area contributed by atoms with Crippen LogP contribution < -0.4 is 4.90 Å². The molecule has 2 aliphatic heterocycles. The SMILES string of the molecule is COC(=O)c1ccc(CN2C(=O)[C@]3(OCCC=C[C@H]3C)c3ccccc32)cc1. The summed E-state index contributed by atoms with van der Waals surface area (Å²) in [6, 6.07) is 15.0. The maximum atomic E-state index is 13.6. The number of fused-ring (bicyclic) bond motifs is 2. The Morgan fingerprint density at radius 1 is 1.21 bits per heavy atom. The molecule has 144 valence electrons. The van der Waals surface area contributed by atoms with E-state index in [1.807, 2.05) is 43.3 Å². The monoisotopic (exact) mass is 377 g/mol. The maximum absolute atomic E-state index is 13.6. The highest BCUT2D eigenvalue weighted by Crippen LogP contribution is 2.48. The van der Waals surface area contributed by atoms with Crippen LogP contribution in [-0.2, 0) is 26.4 Å². The van der Waals surface area contributed by atoms with Crippen molar-refractivity contribution in [3.05, 3.63) is 77.4 Å². The molecular formula is C23H23NO4. The number of para-hydroxylation sites is 1. The molecule has 2 aromatic rings. The molecular weight excluding hydrogens is 354 g/mol. The van der Waals surface area contributed by atoms with Crippen molar-refractivity contribution in [3.63, 3.8) is 0 Å². The number of benzene rings is 2.